The number of hydroxylamine groups is 3. The van der Waals surface area contributed by atoms with E-state index in [2.05, 4.69) is 5.92 Å². The summed E-state index contributed by atoms with van der Waals surface area (Å²) in [6.45, 7) is 1.72. The lowest BCUT2D eigenvalue weighted by atomic mass is 10.2. The van der Waals surface area contributed by atoms with Crippen LogP contribution < -0.4 is 5.84 Å². The van der Waals surface area contributed by atoms with Crippen molar-refractivity contribution in [3.8, 4) is 12.3 Å². The van der Waals surface area contributed by atoms with E-state index in [-0.39, 0.29) is 0 Å². The summed E-state index contributed by atoms with van der Waals surface area (Å²) in [5.74, 6) is 7.61. The van der Waals surface area contributed by atoms with Crippen molar-refractivity contribution in [2.24, 2.45) is 5.84 Å². The van der Waals surface area contributed by atoms with E-state index in [9.17, 15) is 5.21 Å². The van der Waals surface area contributed by atoms with Crippen molar-refractivity contribution in [2.75, 3.05) is 7.05 Å². The predicted molar refractivity (Wildman–Crippen MR) is 58.8 cm³/mol. The Hall–Kier alpha value is -1.48. The molecule has 0 fully saturated rings. The van der Waals surface area contributed by atoms with Crippen molar-refractivity contribution in [3.05, 3.63) is 28.8 Å². The molecule has 0 heterocycles. The van der Waals surface area contributed by atoms with Crippen molar-refractivity contribution < 1.29 is 5.21 Å². The topological polar surface area (TPSA) is 75.8 Å². The highest BCUT2D eigenvalue weighted by molar-refractivity contribution is 5.21. The second-order valence-electron chi connectivity index (χ2n) is 2.90. The van der Waals surface area contributed by atoms with Gasteiger partial charge in [-0.25, -0.2) is 5.84 Å². The van der Waals surface area contributed by atoms with Gasteiger partial charge >= 0.3 is 0 Å². The van der Waals surface area contributed by atoms with Crippen molar-refractivity contribution in [1.82, 2.24) is 10.2 Å². The molecule has 15 heavy (non-hydrogen) atoms. The van der Waals surface area contributed by atoms with Gasteiger partial charge in [0.15, 0.2) is 0 Å². The Morgan fingerprint density at radius 2 is 2.27 bits per heavy atom. The summed E-state index contributed by atoms with van der Waals surface area (Å²) < 4.78 is 0. The maximum absolute atomic E-state index is 11.0. The van der Waals surface area contributed by atoms with Crippen LogP contribution in [-0.4, -0.2) is 22.5 Å². The molecule has 0 saturated carbocycles. The zero-order valence-electron chi connectivity index (χ0n) is 8.97. The first kappa shape index (κ1) is 13.5. The number of likely N-dealkylation sites (N-methyl/N-ethyl adjacent to an activating group) is 1. The number of nitrogens with two attached hydrogens (primary N) is 1. The van der Waals surface area contributed by atoms with Crippen LogP contribution in [0.4, 0.5) is 0 Å². The average molecular weight is 210 g/mol. The van der Waals surface area contributed by atoms with Crippen LogP contribution in [-0.2, 0) is 0 Å². The number of hydrogen-bond acceptors (Lipinski definition) is 5. The Balaban J connectivity index is 4.75. The number of hydrogen-bond donors (Lipinski definition) is 2. The SMILES string of the molecule is C#CCC/C(=C\C(=C/C)N(C)[O-])N(N)O. The van der Waals surface area contributed by atoms with Crippen LogP contribution in [0, 0.1) is 17.6 Å². The Bertz CT molecular complexity index is 288. The standard InChI is InChI=1S/C10H16N3O2/c1-4-6-7-10(13(11)15)8-9(5-2)12(3)14/h1,5,8,15H,6-7,11H2,2-3H3/q-1/b9-5+,10-8+. The minimum Gasteiger partial charge on any atom is -0.758 e. The molecule has 0 aromatic carbocycles. The van der Waals surface area contributed by atoms with Crippen LogP contribution in [0.5, 0.6) is 0 Å². The minimum atomic E-state index is 0.392. The zero-order chi connectivity index (χ0) is 11.8. The van der Waals surface area contributed by atoms with Gasteiger partial charge in [0.2, 0.25) is 0 Å². The number of nitrogens with zero attached hydrogens (tertiary/aromatic N) is 2. The highest BCUT2D eigenvalue weighted by atomic mass is 16.5. The van der Waals surface area contributed by atoms with Crippen LogP contribution in [0.3, 0.4) is 0 Å². The van der Waals surface area contributed by atoms with Crippen molar-refractivity contribution in [3.63, 3.8) is 0 Å². The number of allylic oxidation sites excluding steroid dienone is 3. The van der Waals surface area contributed by atoms with Gasteiger partial charge in [-0.15, -0.1) is 12.3 Å². The van der Waals surface area contributed by atoms with Crippen LogP contribution >= 0.6 is 0 Å². The molecule has 0 unspecified atom stereocenters. The lowest BCUT2D eigenvalue weighted by Crippen LogP contribution is -2.26. The third-order valence-electron chi connectivity index (χ3n) is 1.79. The maximum atomic E-state index is 11.0. The fourth-order valence-electron chi connectivity index (χ4n) is 0.980. The molecule has 0 aliphatic carbocycles. The van der Waals surface area contributed by atoms with Crippen molar-refractivity contribution in [1.29, 1.82) is 0 Å². The van der Waals surface area contributed by atoms with Gasteiger partial charge in [-0.1, -0.05) is 6.08 Å². The van der Waals surface area contributed by atoms with Gasteiger partial charge in [0.25, 0.3) is 0 Å². The van der Waals surface area contributed by atoms with E-state index in [1.807, 2.05) is 0 Å². The van der Waals surface area contributed by atoms with Crippen LogP contribution in [0.1, 0.15) is 19.8 Å². The van der Waals surface area contributed by atoms with Gasteiger partial charge in [0.05, 0.1) is 5.70 Å². The molecule has 0 aliphatic rings. The number of rotatable bonds is 5. The molecular formula is C10H16N3O2-. The molecule has 5 heteroatoms. The maximum Gasteiger partial charge on any atom is 0.0621 e. The second-order valence-corrected chi connectivity index (χ2v) is 2.90. The predicted octanol–water partition coefficient (Wildman–Crippen LogP) is 1.18. The van der Waals surface area contributed by atoms with Gasteiger partial charge in [-0.2, -0.15) is 5.17 Å². The Morgan fingerprint density at radius 1 is 1.67 bits per heavy atom. The molecular weight excluding hydrogens is 194 g/mol. The summed E-state index contributed by atoms with van der Waals surface area (Å²) in [6.07, 6.45) is 9.06. The highest BCUT2D eigenvalue weighted by Gasteiger charge is 2.02. The monoisotopic (exact) mass is 210 g/mol. The Kier molecular flexibility index (Phi) is 6.22. The molecule has 0 rings (SSSR count). The number of terminal acetylenes is 1. The van der Waals surface area contributed by atoms with Crippen LogP contribution in [0.2, 0.25) is 0 Å². The minimum absolute atomic E-state index is 0.392. The highest BCUT2D eigenvalue weighted by Crippen LogP contribution is 2.11. The molecule has 3 N–H and O–H groups in total. The largest absolute Gasteiger partial charge is 0.758 e. The van der Waals surface area contributed by atoms with E-state index in [1.54, 1.807) is 13.0 Å². The van der Waals surface area contributed by atoms with E-state index < -0.39 is 0 Å². The normalized spacial score (nSPS) is 12.3. The van der Waals surface area contributed by atoms with Gasteiger partial charge in [0, 0.05) is 18.5 Å². The molecule has 0 saturated heterocycles. The average Bonchev–Trinajstić information content (AvgIpc) is 2.17. The van der Waals surface area contributed by atoms with Crippen LogP contribution in [0.15, 0.2) is 23.5 Å². The lowest BCUT2D eigenvalue weighted by Gasteiger charge is -2.27. The molecule has 0 aromatic rings. The molecule has 0 bridgehead atoms. The molecule has 0 radical (unpaired) electrons. The van der Waals surface area contributed by atoms with Gasteiger partial charge < -0.3 is 10.3 Å². The summed E-state index contributed by atoms with van der Waals surface area (Å²) >= 11 is 0. The molecule has 84 valence electrons. The fraction of sp³-hybridized carbons (Fsp3) is 0.400. The van der Waals surface area contributed by atoms with E-state index in [4.69, 9.17) is 17.5 Å². The smallest absolute Gasteiger partial charge is 0.0621 e. The van der Waals surface area contributed by atoms with Gasteiger partial charge in [-0.05, 0) is 20.0 Å². The summed E-state index contributed by atoms with van der Waals surface area (Å²) in [6, 6.07) is 0. The third kappa shape index (κ3) is 5.08. The summed E-state index contributed by atoms with van der Waals surface area (Å²) in [5.41, 5.74) is 0.801. The van der Waals surface area contributed by atoms with E-state index in [1.165, 1.54) is 13.1 Å². The van der Waals surface area contributed by atoms with Gasteiger partial charge in [-0.3, -0.25) is 5.21 Å². The molecule has 0 aromatic heterocycles. The first-order valence-electron chi connectivity index (χ1n) is 4.47. The van der Waals surface area contributed by atoms with Gasteiger partial charge in [0.1, 0.15) is 0 Å². The first-order chi connectivity index (χ1) is 7.02. The van der Waals surface area contributed by atoms with E-state index in [0.717, 1.165) is 0 Å². The number of hydrazine groups is 1. The molecule has 0 spiro atoms. The van der Waals surface area contributed by atoms with E-state index >= 15 is 0 Å². The molecule has 0 amide bonds. The zero-order valence-corrected chi connectivity index (χ0v) is 8.97. The molecule has 0 aliphatic heterocycles. The van der Waals surface area contributed by atoms with Crippen LogP contribution in [0.25, 0.3) is 0 Å². The third-order valence-corrected chi connectivity index (χ3v) is 1.79. The quantitative estimate of drug-likeness (QED) is 0.308. The first-order valence-corrected chi connectivity index (χ1v) is 4.47. The van der Waals surface area contributed by atoms with Crippen molar-refractivity contribution in [2.45, 2.75) is 19.8 Å². The summed E-state index contributed by atoms with van der Waals surface area (Å²) in [7, 11) is 1.36. The molecule has 0 atom stereocenters. The van der Waals surface area contributed by atoms with Crippen molar-refractivity contribution >= 4 is 0 Å². The Labute approximate surface area is 90.0 Å². The summed E-state index contributed by atoms with van der Waals surface area (Å²) in [4.78, 5) is 0. The summed E-state index contributed by atoms with van der Waals surface area (Å²) in [5, 5.41) is 21.3. The second kappa shape index (κ2) is 6.90. The van der Waals surface area contributed by atoms with E-state index in [0.29, 0.717) is 34.5 Å². The fourth-order valence-corrected chi connectivity index (χ4v) is 0.980. The molecule has 5 nitrogen and oxygen atoms in total. The lowest BCUT2D eigenvalue weighted by molar-refractivity contribution is -0.0602. The Morgan fingerprint density at radius 3 is 2.60 bits per heavy atom.